The van der Waals surface area contributed by atoms with E-state index in [4.69, 9.17) is 4.74 Å². The van der Waals surface area contributed by atoms with E-state index in [0.29, 0.717) is 0 Å². The van der Waals surface area contributed by atoms with Crippen LogP contribution in [-0.2, 0) is 4.74 Å². The zero-order valence-corrected chi connectivity index (χ0v) is 9.49. The van der Waals surface area contributed by atoms with E-state index in [-0.39, 0.29) is 0 Å². The Hall–Kier alpha value is -2.28. The van der Waals surface area contributed by atoms with Gasteiger partial charge in [-0.1, -0.05) is 60.7 Å². The summed E-state index contributed by atoms with van der Waals surface area (Å²) in [6, 6.07) is 20.1. The summed E-state index contributed by atoms with van der Waals surface area (Å²) in [5, 5.41) is 0. The van der Waals surface area contributed by atoms with Crippen LogP contribution in [0.25, 0.3) is 12.2 Å². The van der Waals surface area contributed by atoms with Gasteiger partial charge in [0.25, 0.3) is 0 Å². The van der Waals surface area contributed by atoms with Gasteiger partial charge in [-0.2, -0.15) is 0 Å². The number of benzene rings is 2. The van der Waals surface area contributed by atoms with Crippen LogP contribution in [0, 0.1) is 0 Å². The van der Waals surface area contributed by atoms with Gasteiger partial charge in [-0.25, -0.2) is 0 Å². The van der Waals surface area contributed by atoms with E-state index in [0.717, 1.165) is 11.1 Å². The van der Waals surface area contributed by atoms with E-state index >= 15 is 0 Å². The third-order valence-corrected chi connectivity index (χ3v) is 2.28. The van der Waals surface area contributed by atoms with Crippen molar-refractivity contribution in [3.8, 4) is 0 Å². The normalized spacial score (nSPS) is 11.1. The van der Waals surface area contributed by atoms with E-state index in [1.807, 2.05) is 72.8 Å². The Balaban J connectivity index is 1.84. The van der Waals surface area contributed by atoms with Gasteiger partial charge in [-0.15, -0.1) is 0 Å². The molecule has 0 amide bonds. The van der Waals surface area contributed by atoms with E-state index in [9.17, 15) is 0 Å². The average Bonchev–Trinajstić information content (AvgIpc) is 2.41. The molecule has 84 valence electrons. The summed E-state index contributed by atoms with van der Waals surface area (Å²) in [5.41, 5.74) is 2.25. The van der Waals surface area contributed by atoms with Crippen LogP contribution >= 0.6 is 0 Å². The van der Waals surface area contributed by atoms with E-state index < -0.39 is 0 Å². The molecule has 0 aliphatic carbocycles. The van der Waals surface area contributed by atoms with Crippen molar-refractivity contribution in [2.75, 3.05) is 0 Å². The Kier molecular flexibility index (Phi) is 4.18. The highest BCUT2D eigenvalue weighted by atomic mass is 16.5. The Morgan fingerprint density at radius 3 is 1.41 bits per heavy atom. The number of hydrogen-bond donors (Lipinski definition) is 0. The summed E-state index contributed by atoms with van der Waals surface area (Å²) in [7, 11) is 0. The lowest BCUT2D eigenvalue weighted by atomic mass is 10.2. The maximum absolute atomic E-state index is 5.28. The predicted octanol–water partition coefficient (Wildman–Crippen LogP) is 4.34. The Morgan fingerprint density at radius 1 is 0.588 bits per heavy atom. The SMILES string of the molecule is C(=Cc1ccccc1)OC=Cc1ccccc1. The van der Waals surface area contributed by atoms with Crippen LogP contribution in [0.15, 0.2) is 73.2 Å². The standard InChI is InChI=1S/C16H14O/c1-3-7-15(8-4-1)11-13-17-14-12-16-9-5-2-6-10-16/h1-14H. The van der Waals surface area contributed by atoms with Crippen molar-refractivity contribution in [1.82, 2.24) is 0 Å². The van der Waals surface area contributed by atoms with Crippen LogP contribution in [0.1, 0.15) is 11.1 Å². The van der Waals surface area contributed by atoms with Gasteiger partial charge >= 0.3 is 0 Å². The quantitative estimate of drug-likeness (QED) is 0.699. The fourth-order valence-electron chi connectivity index (χ4n) is 1.41. The van der Waals surface area contributed by atoms with Crippen LogP contribution in [0.2, 0.25) is 0 Å². The van der Waals surface area contributed by atoms with Crippen molar-refractivity contribution in [3.05, 3.63) is 84.3 Å². The monoisotopic (exact) mass is 222 g/mol. The highest BCUT2D eigenvalue weighted by Gasteiger charge is 1.83. The van der Waals surface area contributed by atoms with E-state index in [1.165, 1.54) is 0 Å². The summed E-state index contributed by atoms with van der Waals surface area (Å²) in [4.78, 5) is 0. The van der Waals surface area contributed by atoms with Gasteiger partial charge in [-0.05, 0) is 23.3 Å². The summed E-state index contributed by atoms with van der Waals surface area (Å²) >= 11 is 0. The van der Waals surface area contributed by atoms with Gasteiger partial charge in [0.05, 0.1) is 12.5 Å². The average molecular weight is 222 g/mol. The molecular weight excluding hydrogens is 208 g/mol. The molecule has 17 heavy (non-hydrogen) atoms. The summed E-state index contributed by atoms with van der Waals surface area (Å²) in [6.07, 6.45) is 7.20. The van der Waals surface area contributed by atoms with Crippen molar-refractivity contribution in [3.63, 3.8) is 0 Å². The van der Waals surface area contributed by atoms with Gasteiger partial charge in [0.1, 0.15) is 0 Å². The minimum atomic E-state index is 1.13. The Bertz CT molecular complexity index is 436. The first kappa shape index (κ1) is 11.2. The molecule has 0 aromatic heterocycles. The molecule has 0 N–H and O–H groups in total. The molecule has 0 atom stereocenters. The van der Waals surface area contributed by atoms with Crippen molar-refractivity contribution >= 4 is 12.2 Å². The minimum absolute atomic E-state index is 1.13. The van der Waals surface area contributed by atoms with Gasteiger partial charge in [0, 0.05) is 0 Å². The predicted molar refractivity (Wildman–Crippen MR) is 72.0 cm³/mol. The number of ether oxygens (including phenoxy) is 1. The molecule has 0 saturated carbocycles. The van der Waals surface area contributed by atoms with Crippen LogP contribution in [-0.4, -0.2) is 0 Å². The first-order valence-electron chi connectivity index (χ1n) is 5.54. The third kappa shape index (κ3) is 3.99. The van der Waals surface area contributed by atoms with Crippen molar-refractivity contribution < 1.29 is 4.74 Å². The highest BCUT2D eigenvalue weighted by molar-refractivity contribution is 5.49. The summed E-state index contributed by atoms with van der Waals surface area (Å²) in [5.74, 6) is 0. The molecule has 0 radical (unpaired) electrons. The largest absolute Gasteiger partial charge is 0.473 e. The zero-order chi connectivity index (χ0) is 11.8. The summed E-state index contributed by atoms with van der Waals surface area (Å²) in [6.45, 7) is 0. The summed E-state index contributed by atoms with van der Waals surface area (Å²) < 4.78 is 5.28. The lowest BCUT2D eigenvalue weighted by Gasteiger charge is -1.93. The topological polar surface area (TPSA) is 9.23 Å². The van der Waals surface area contributed by atoms with Crippen LogP contribution in [0.3, 0.4) is 0 Å². The fourth-order valence-corrected chi connectivity index (χ4v) is 1.41. The Labute approximate surface area is 102 Å². The zero-order valence-electron chi connectivity index (χ0n) is 9.49. The minimum Gasteiger partial charge on any atom is -0.473 e. The molecule has 2 aromatic carbocycles. The fraction of sp³-hybridized carbons (Fsp3) is 0. The molecule has 2 aromatic rings. The molecule has 0 unspecified atom stereocenters. The van der Waals surface area contributed by atoms with Crippen LogP contribution < -0.4 is 0 Å². The second-order valence-corrected chi connectivity index (χ2v) is 3.56. The second-order valence-electron chi connectivity index (χ2n) is 3.56. The maximum atomic E-state index is 5.28. The molecule has 0 saturated heterocycles. The van der Waals surface area contributed by atoms with Crippen LogP contribution in [0.5, 0.6) is 0 Å². The Morgan fingerprint density at radius 2 is 1.00 bits per heavy atom. The molecule has 2 rings (SSSR count). The van der Waals surface area contributed by atoms with Crippen LogP contribution in [0.4, 0.5) is 0 Å². The maximum Gasteiger partial charge on any atom is 0.0907 e. The molecule has 1 heteroatoms. The molecule has 0 aliphatic heterocycles. The molecule has 0 bridgehead atoms. The second kappa shape index (κ2) is 6.33. The van der Waals surface area contributed by atoms with Gasteiger partial charge in [0.15, 0.2) is 0 Å². The molecule has 1 nitrogen and oxygen atoms in total. The first-order valence-corrected chi connectivity index (χ1v) is 5.54. The van der Waals surface area contributed by atoms with E-state index in [1.54, 1.807) is 12.5 Å². The molecule has 0 fully saturated rings. The van der Waals surface area contributed by atoms with Gasteiger partial charge < -0.3 is 4.74 Å². The molecule has 0 spiro atoms. The molecular formula is C16H14O. The van der Waals surface area contributed by atoms with Crippen molar-refractivity contribution in [2.24, 2.45) is 0 Å². The molecule has 0 heterocycles. The number of hydrogen-bond acceptors (Lipinski definition) is 1. The lowest BCUT2D eigenvalue weighted by molar-refractivity contribution is 0.410. The van der Waals surface area contributed by atoms with Crippen molar-refractivity contribution in [2.45, 2.75) is 0 Å². The van der Waals surface area contributed by atoms with Crippen molar-refractivity contribution in [1.29, 1.82) is 0 Å². The smallest absolute Gasteiger partial charge is 0.0907 e. The van der Waals surface area contributed by atoms with Gasteiger partial charge in [-0.3, -0.25) is 0 Å². The lowest BCUT2D eigenvalue weighted by Crippen LogP contribution is -1.71. The highest BCUT2D eigenvalue weighted by Crippen LogP contribution is 2.03. The molecule has 0 aliphatic rings. The van der Waals surface area contributed by atoms with Gasteiger partial charge in [0.2, 0.25) is 0 Å². The first-order chi connectivity index (χ1) is 8.45. The number of rotatable bonds is 4. The van der Waals surface area contributed by atoms with E-state index in [2.05, 4.69) is 0 Å². The third-order valence-electron chi connectivity index (χ3n) is 2.28.